The number of allylic oxidation sites excluding steroid dienone is 1. The molecule has 30 heavy (non-hydrogen) atoms. The second-order valence-corrected chi connectivity index (χ2v) is 8.78. The Morgan fingerprint density at radius 2 is 2.03 bits per heavy atom. The van der Waals surface area contributed by atoms with Crippen LogP contribution in [-0.2, 0) is 6.42 Å². The van der Waals surface area contributed by atoms with Gasteiger partial charge in [0.2, 0.25) is 0 Å². The van der Waals surface area contributed by atoms with Crippen LogP contribution in [0.2, 0.25) is 0 Å². The van der Waals surface area contributed by atoms with E-state index in [9.17, 15) is 0 Å². The van der Waals surface area contributed by atoms with Crippen LogP contribution in [0.15, 0.2) is 40.3 Å². The van der Waals surface area contributed by atoms with E-state index in [1.54, 1.807) is 18.6 Å². The highest BCUT2D eigenvalue weighted by Crippen LogP contribution is 2.42. The molecule has 7 nitrogen and oxygen atoms in total. The number of hydrogen-bond donors (Lipinski definition) is 1. The molecule has 0 radical (unpaired) electrons. The first-order valence-electron chi connectivity index (χ1n) is 10.2. The van der Waals surface area contributed by atoms with Crippen molar-refractivity contribution in [3.8, 4) is 0 Å². The van der Waals surface area contributed by atoms with Gasteiger partial charge in [-0.15, -0.1) is 0 Å². The number of nitrogens with one attached hydrogen (secondary N) is 1. The van der Waals surface area contributed by atoms with Gasteiger partial charge in [-0.05, 0) is 42.8 Å². The van der Waals surface area contributed by atoms with Crippen molar-refractivity contribution in [3.05, 3.63) is 41.5 Å². The molecule has 0 amide bonds. The lowest BCUT2D eigenvalue weighted by Crippen LogP contribution is -2.29. The average Bonchev–Trinajstić information content (AvgIpc) is 2.94. The maximum Gasteiger partial charge on any atom is 0.194 e. The van der Waals surface area contributed by atoms with Crippen LogP contribution in [0.1, 0.15) is 31.0 Å². The van der Waals surface area contributed by atoms with E-state index in [-0.39, 0.29) is 0 Å². The molecule has 1 fully saturated rings. The number of pyridine rings is 1. The molecule has 5 rings (SSSR count). The van der Waals surface area contributed by atoms with E-state index < -0.39 is 0 Å². The lowest BCUT2D eigenvalue weighted by atomic mass is 10.2. The minimum atomic E-state index is 0.637. The number of halogens is 1. The van der Waals surface area contributed by atoms with Crippen LogP contribution in [0.25, 0.3) is 16.2 Å². The second-order valence-electron chi connectivity index (χ2n) is 7.36. The van der Waals surface area contributed by atoms with Crippen molar-refractivity contribution in [2.45, 2.75) is 36.2 Å². The number of fused-ring (bicyclic) bond motifs is 2. The minimum Gasteiger partial charge on any atom is -0.355 e. The summed E-state index contributed by atoms with van der Waals surface area (Å²) < 4.78 is 0. The zero-order valence-electron chi connectivity index (χ0n) is 16.7. The van der Waals surface area contributed by atoms with Gasteiger partial charge in [0.1, 0.15) is 11.3 Å². The number of hydrogen-bond acceptors (Lipinski definition) is 8. The topological polar surface area (TPSA) is 79.7 Å². The van der Waals surface area contributed by atoms with E-state index in [2.05, 4.69) is 32.1 Å². The highest BCUT2D eigenvalue weighted by molar-refractivity contribution is 7.99. The highest BCUT2D eigenvalue weighted by atomic mass is 35.5. The number of rotatable bonds is 4. The monoisotopic (exact) mass is 439 g/mol. The zero-order valence-corrected chi connectivity index (χ0v) is 18.3. The Morgan fingerprint density at radius 1 is 1.13 bits per heavy atom. The van der Waals surface area contributed by atoms with Gasteiger partial charge in [0.25, 0.3) is 0 Å². The Kier molecular flexibility index (Phi) is 5.54. The second kappa shape index (κ2) is 8.45. The smallest absolute Gasteiger partial charge is 0.194 e. The summed E-state index contributed by atoms with van der Waals surface area (Å²) in [5, 5.41) is 5.01. The molecule has 1 aliphatic heterocycles. The van der Waals surface area contributed by atoms with Gasteiger partial charge in [0.05, 0.1) is 16.3 Å². The fraction of sp³-hybridized carbons (Fsp3) is 0.381. The summed E-state index contributed by atoms with van der Waals surface area (Å²) in [6.45, 7) is 5.98. The molecule has 9 heteroatoms. The van der Waals surface area contributed by atoms with Crippen LogP contribution in [0, 0.1) is 0 Å². The molecule has 2 aliphatic rings. The lowest BCUT2D eigenvalue weighted by molar-refractivity contribution is 0.724. The van der Waals surface area contributed by atoms with Crippen LogP contribution >= 0.6 is 23.4 Å². The van der Waals surface area contributed by atoms with Gasteiger partial charge in [-0.2, -0.15) is 0 Å². The van der Waals surface area contributed by atoms with E-state index in [0.29, 0.717) is 10.8 Å². The number of anilines is 1. The number of aromatic nitrogens is 5. The van der Waals surface area contributed by atoms with E-state index in [0.717, 1.165) is 78.0 Å². The molecule has 4 heterocycles. The van der Waals surface area contributed by atoms with Gasteiger partial charge in [-0.3, -0.25) is 4.98 Å². The molecule has 1 N–H and O–H groups in total. The first kappa shape index (κ1) is 19.7. The van der Waals surface area contributed by atoms with Crippen LogP contribution in [0.5, 0.6) is 0 Å². The zero-order chi connectivity index (χ0) is 20.5. The Hall–Kier alpha value is -2.29. The van der Waals surface area contributed by atoms with Crippen LogP contribution < -0.4 is 10.2 Å². The first-order chi connectivity index (χ1) is 14.7. The molecule has 3 aromatic heterocycles. The normalized spacial score (nSPS) is 16.8. The third kappa shape index (κ3) is 3.75. The molecular weight excluding hydrogens is 418 g/mol. The van der Waals surface area contributed by atoms with Gasteiger partial charge in [-0.1, -0.05) is 18.5 Å². The van der Waals surface area contributed by atoms with Gasteiger partial charge in [0.15, 0.2) is 10.8 Å². The Balaban J connectivity index is 1.54. The Labute approximate surface area is 184 Å². The predicted octanol–water partition coefficient (Wildman–Crippen LogP) is 3.68. The molecule has 0 unspecified atom stereocenters. The largest absolute Gasteiger partial charge is 0.355 e. The van der Waals surface area contributed by atoms with Crippen molar-refractivity contribution in [1.29, 1.82) is 0 Å². The Bertz CT molecular complexity index is 1130. The van der Waals surface area contributed by atoms with Crippen LogP contribution in [-0.4, -0.2) is 51.1 Å². The minimum absolute atomic E-state index is 0.637. The Morgan fingerprint density at radius 3 is 2.93 bits per heavy atom. The molecule has 0 atom stereocenters. The van der Waals surface area contributed by atoms with E-state index in [4.69, 9.17) is 21.6 Å². The van der Waals surface area contributed by atoms with Gasteiger partial charge in [-0.25, -0.2) is 19.9 Å². The standard InChI is InChI=1S/C21H22ClN7S/c1-2-13-10-15-17(18(13)22)20(29-8-3-4-23-7-9-29)28-21(27-15)30-14-11-16-19(26-12-14)25-6-5-24-16/h5-6,11-12,23H,2-4,7-10H2,1H3. The van der Waals surface area contributed by atoms with Crippen molar-refractivity contribution in [2.75, 3.05) is 31.1 Å². The van der Waals surface area contributed by atoms with Crippen molar-refractivity contribution in [2.24, 2.45) is 0 Å². The molecule has 0 spiro atoms. The van der Waals surface area contributed by atoms with E-state index in [1.165, 1.54) is 17.3 Å². The summed E-state index contributed by atoms with van der Waals surface area (Å²) >= 11 is 8.28. The SMILES string of the molecule is CCC1=C(Cl)c2c(nc(Sc3cnc4nccnc4c3)nc2N2CCCNCC2)C1. The molecule has 1 saturated heterocycles. The van der Waals surface area contributed by atoms with Crippen molar-refractivity contribution in [1.82, 2.24) is 30.2 Å². The summed E-state index contributed by atoms with van der Waals surface area (Å²) in [6.07, 6.45) is 7.92. The van der Waals surface area contributed by atoms with Gasteiger partial charge >= 0.3 is 0 Å². The van der Waals surface area contributed by atoms with Crippen molar-refractivity contribution >= 4 is 45.4 Å². The summed E-state index contributed by atoms with van der Waals surface area (Å²) in [6, 6.07) is 1.98. The molecular formula is C21H22ClN7S. The van der Waals surface area contributed by atoms with Gasteiger partial charge in [0, 0.05) is 49.5 Å². The summed E-state index contributed by atoms with van der Waals surface area (Å²) in [5.74, 6) is 0.952. The van der Waals surface area contributed by atoms with E-state index in [1.807, 2.05) is 6.07 Å². The van der Waals surface area contributed by atoms with Crippen molar-refractivity contribution < 1.29 is 0 Å². The molecule has 0 bridgehead atoms. The van der Waals surface area contributed by atoms with E-state index >= 15 is 0 Å². The summed E-state index contributed by atoms with van der Waals surface area (Å²) in [4.78, 5) is 26.1. The fourth-order valence-corrected chi connectivity index (χ4v) is 5.06. The fourth-order valence-electron chi connectivity index (χ4n) is 3.89. The number of nitrogens with zero attached hydrogens (tertiary/aromatic N) is 6. The van der Waals surface area contributed by atoms with Gasteiger partial charge < -0.3 is 10.2 Å². The molecule has 3 aromatic rings. The predicted molar refractivity (Wildman–Crippen MR) is 120 cm³/mol. The lowest BCUT2D eigenvalue weighted by Gasteiger charge is -2.24. The van der Waals surface area contributed by atoms with Crippen LogP contribution in [0.4, 0.5) is 5.82 Å². The van der Waals surface area contributed by atoms with Crippen LogP contribution in [0.3, 0.4) is 0 Å². The quantitative estimate of drug-likeness (QED) is 0.616. The highest BCUT2D eigenvalue weighted by Gasteiger charge is 2.29. The summed E-state index contributed by atoms with van der Waals surface area (Å²) in [7, 11) is 0. The molecule has 0 aromatic carbocycles. The maximum absolute atomic E-state index is 6.78. The third-order valence-corrected chi connectivity index (χ3v) is 6.71. The first-order valence-corrected chi connectivity index (χ1v) is 11.4. The van der Waals surface area contributed by atoms with Crippen molar-refractivity contribution in [3.63, 3.8) is 0 Å². The third-order valence-electron chi connectivity index (χ3n) is 5.43. The summed E-state index contributed by atoms with van der Waals surface area (Å²) in [5.41, 5.74) is 4.68. The molecule has 1 aliphatic carbocycles. The maximum atomic E-state index is 6.78. The molecule has 0 saturated carbocycles. The molecule has 154 valence electrons. The average molecular weight is 440 g/mol.